The number of methoxy groups -OCH3 is 1. The maximum Gasteiger partial charge on any atom is 0.261 e. The quantitative estimate of drug-likeness (QED) is 0.495. The van der Waals surface area contributed by atoms with E-state index in [1.807, 2.05) is 24.3 Å². The van der Waals surface area contributed by atoms with Crippen LogP contribution in [-0.4, -0.2) is 42.6 Å². The lowest BCUT2D eigenvalue weighted by Gasteiger charge is -2.48. The number of nitrogens with one attached hydrogen (secondary N) is 1. The molecule has 2 atom stereocenters. The van der Waals surface area contributed by atoms with Crippen LogP contribution in [0, 0.1) is 0 Å². The topological polar surface area (TPSA) is 50.8 Å². The van der Waals surface area contributed by atoms with Crippen LogP contribution < -0.4 is 14.8 Å². The predicted molar refractivity (Wildman–Crippen MR) is 139 cm³/mol. The Bertz CT molecular complexity index is 912. The van der Waals surface area contributed by atoms with E-state index in [0.717, 1.165) is 38.0 Å². The molecule has 0 bridgehead atoms. The van der Waals surface area contributed by atoms with Crippen LogP contribution in [0.1, 0.15) is 62.7 Å². The van der Waals surface area contributed by atoms with Gasteiger partial charge in [-0.1, -0.05) is 43.9 Å². The number of carbonyl (C=O) groups is 1. The summed E-state index contributed by atoms with van der Waals surface area (Å²) in [7, 11) is 1.64. The van der Waals surface area contributed by atoms with Gasteiger partial charge in [-0.25, -0.2) is 0 Å². The molecule has 2 aliphatic rings. The number of nitrogens with zero attached hydrogens (tertiary/aromatic N) is 1. The summed E-state index contributed by atoms with van der Waals surface area (Å²) in [6, 6.07) is 11.7. The molecular weight excluding hydrogens is 444 g/mol. The Hall–Kier alpha value is -2.31. The summed E-state index contributed by atoms with van der Waals surface area (Å²) >= 11 is 1.71. The number of hydrogen-bond donors (Lipinski definition) is 1. The number of carbonyl (C=O) groups excluding carboxylic acids is 1. The highest BCUT2D eigenvalue weighted by Gasteiger charge is 2.43. The summed E-state index contributed by atoms with van der Waals surface area (Å²) in [4.78, 5) is 17.0. The molecule has 2 heterocycles. The number of ether oxygens (including phenoxy) is 2. The minimum absolute atomic E-state index is 0.0357. The van der Waals surface area contributed by atoms with Gasteiger partial charge in [0.15, 0.2) is 6.61 Å². The van der Waals surface area contributed by atoms with Crippen molar-refractivity contribution in [1.82, 2.24) is 10.2 Å². The van der Waals surface area contributed by atoms with Gasteiger partial charge >= 0.3 is 0 Å². The molecule has 1 saturated heterocycles. The first kappa shape index (κ1) is 24.8. The zero-order chi connectivity index (χ0) is 23.6. The van der Waals surface area contributed by atoms with E-state index in [4.69, 9.17) is 9.47 Å². The zero-order valence-corrected chi connectivity index (χ0v) is 21.2. The molecular formula is C28H38N2O3S. The number of benzene rings is 1. The fourth-order valence-electron chi connectivity index (χ4n) is 5.28. The van der Waals surface area contributed by atoms with Crippen molar-refractivity contribution in [3.8, 4) is 11.5 Å². The molecule has 1 amide bonds. The van der Waals surface area contributed by atoms with Crippen LogP contribution in [0.5, 0.6) is 11.5 Å². The summed E-state index contributed by atoms with van der Waals surface area (Å²) in [5.74, 6) is 1.50. The van der Waals surface area contributed by atoms with Crippen molar-refractivity contribution in [2.75, 3.05) is 20.3 Å². The minimum Gasteiger partial charge on any atom is -0.497 e. The third kappa shape index (κ3) is 6.42. The maximum absolute atomic E-state index is 13.7. The molecule has 34 heavy (non-hydrogen) atoms. The molecule has 0 radical (unpaired) electrons. The van der Waals surface area contributed by atoms with E-state index in [9.17, 15) is 4.79 Å². The average Bonchev–Trinajstić information content (AvgIpc) is 3.39. The smallest absolute Gasteiger partial charge is 0.261 e. The summed E-state index contributed by atoms with van der Waals surface area (Å²) in [6.45, 7) is 1.67. The first-order chi connectivity index (χ1) is 16.7. The normalized spacial score (nSPS) is 24.3. The van der Waals surface area contributed by atoms with Gasteiger partial charge in [0.25, 0.3) is 5.91 Å². The van der Waals surface area contributed by atoms with Crippen LogP contribution in [0.4, 0.5) is 0 Å². The molecule has 2 unspecified atom stereocenters. The Labute approximate surface area is 208 Å². The Balaban J connectivity index is 1.56. The van der Waals surface area contributed by atoms with Gasteiger partial charge in [-0.05, 0) is 74.4 Å². The van der Waals surface area contributed by atoms with Gasteiger partial charge in [-0.3, -0.25) is 4.79 Å². The van der Waals surface area contributed by atoms with Crippen molar-refractivity contribution < 1.29 is 14.3 Å². The Morgan fingerprint density at radius 3 is 2.68 bits per heavy atom. The molecule has 1 aliphatic heterocycles. The van der Waals surface area contributed by atoms with Crippen molar-refractivity contribution in [3.63, 3.8) is 0 Å². The van der Waals surface area contributed by atoms with Crippen LogP contribution in [0.25, 0.3) is 0 Å². The molecule has 4 rings (SSSR count). The van der Waals surface area contributed by atoms with Gasteiger partial charge in [0.1, 0.15) is 11.5 Å². The molecule has 2 aromatic rings. The molecule has 1 aliphatic carbocycles. The summed E-state index contributed by atoms with van der Waals surface area (Å²) in [5, 5.41) is 5.96. The summed E-state index contributed by atoms with van der Waals surface area (Å²) in [5.41, 5.74) is -0.164. The van der Waals surface area contributed by atoms with Crippen LogP contribution in [0.3, 0.4) is 0 Å². The zero-order valence-electron chi connectivity index (χ0n) is 20.3. The van der Waals surface area contributed by atoms with E-state index in [1.165, 1.54) is 37.0 Å². The van der Waals surface area contributed by atoms with Gasteiger partial charge in [0, 0.05) is 4.88 Å². The van der Waals surface area contributed by atoms with E-state index in [2.05, 4.69) is 39.9 Å². The molecule has 6 heteroatoms. The molecule has 0 saturated carbocycles. The fourth-order valence-corrected chi connectivity index (χ4v) is 5.98. The Morgan fingerprint density at radius 2 is 1.88 bits per heavy atom. The molecule has 1 aromatic carbocycles. The number of amides is 1. The van der Waals surface area contributed by atoms with Crippen molar-refractivity contribution in [3.05, 3.63) is 58.8 Å². The third-order valence-corrected chi connectivity index (χ3v) is 7.97. The second-order valence-corrected chi connectivity index (χ2v) is 10.4. The van der Waals surface area contributed by atoms with Crippen molar-refractivity contribution in [2.45, 2.75) is 75.9 Å². The molecule has 1 fully saturated rings. The lowest BCUT2D eigenvalue weighted by molar-refractivity contribution is -0.139. The summed E-state index contributed by atoms with van der Waals surface area (Å²) < 4.78 is 11.2. The second-order valence-electron chi connectivity index (χ2n) is 9.40. The largest absolute Gasteiger partial charge is 0.497 e. The van der Waals surface area contributed by atoms with Crippen molar-refractivity contribution in [1.29, 1.82) is 0 Å². The number of piperidine rings is 1. The highest BCUT2D eigenvalue weighted by atomic mass is 32.1. The standard InChI is InChI=1S/C28H38N2O3S/c1-32-23-13-15-24(16-14-23)33-22-27(31)30(21-25-11-10-20-34-25)26-12-9-19-29-28(26)17-7-5-3-2-4-6-8-18-28/h7,10-11,13-17,20,26,29H,2-6,8-9,12,18-19,21-22H2,1H3/b17-7-. The molecule has 1 N–H and O–H groups in total. The number of hydrogen-bond acceptors (Lipinski definition) is 5. The Kier molecular flexibility index (Phi) is 9.05. The van der Waals surface area contributed by atoms with Gasteiger partial charge in [-0.2, -0.15) is 0 Å². The van der Waals surface area contributed by atoms with E-state index >= 15 is 0 Å². The fraction of sp³-hybridized carbons (Fsp3) is 0.536. The van der Waals surface area contributed by atoms with E-state index < -0.39 is 0 Å². The predicted octanol–water partition coefficient (Wildman–Crippen LogP) is 5.96. The average molecular weight is 483 g/mol. The molecule has 1 aromatic heterocycles. The molecule has 5 nitrogen and oxygen atoms in total. The summed E-state index contributed by atoms with van der Waals surface area (Å²) in [6.07, 6.45) is 15.4. The lowest BCUT2D eigenvalue weighted by Crippen LogP contribution is -2.64. The van der Waals surface area contributed by atoms with Gasteiger partial charge in [-0.15, -0.1) is 11.3 Å². The molecule has 1 spiro atoms. The Morgan fingerprint density at radius 1 is 1.09 bits per heavy atom. The lowest BCUT2D eigenvalue weighted by atomic mass is 9.77. The number of allylic oxidation sites excluding steroid dienone is 1. The number of rotatable bonds is 7. The highest BCUT2D eigenvalue weighted by Crippen LogP contribution is 2.34. The van der Waals surface area contributed by atoms with Gasteiger partial charge in [0.05, 0.1) is 25.2 Å². The SMILES string of the molecule is COc1ccc(OCC(=O)N(Cc2cccs2)C2CCCNC23/C=C\CCCCCCC3)cc1. The minimum atomic E-state index is -0.164. The van der Waals surface area contributed by atoms with E-state index in [-0.39, 0.29) is 24.1 Å². The van der Waals surface area contributed by atoms with Gasteiger partial charge < -0.3 is 19.7 Å². The van der Waals surface area contributed by atoms with E-state index in [0.29, 0.717) is 12.3 Å². The third-order valence-electron chi connectivity index (χ3n) is 7.10. The first-order valence-electron chi connectivity index (χ1n) is 12.7. The van der Waals surface area contributed by atoms with Crippen LogP contribution in [-0.2, 0) is 11.3 Å². The second kappa shape index (κ2) is 12.4. The molecule has 184 valence electrons. The monoisotopic (exact) mass is 482 g/mol. The van der Waals surface area contributed by atoms with E-state index in [1.54, 1.807) is 18.4 Å². The maximum atomic E-state index is 13.7. The highest BCUT2D eigenvalue weighted by molar-refractivity contribution is 7.09. The van der Waals surface area contributed by atoms with Crippen molar-refractivity contribution in [2.24, 2.45) is 0 Å². The van der Waals surface area contributed by atoms with Gasteiger partial charge in [0.2, 0.25) is 0 Å². The number of thiophene rings is 1. The van der Waals surface area contributed by atoms with Crippen molar-refractivity contribution >= 4 is 17.2 Å². The van der Waals surface area contributed by atoms with Crippen LogP contribution in [0.15, 0.2) is 53.9 Å². The first-order valence-corrected chi connectivity index (χ1v) is 13.6. The van der Waals surface area contributed by atoms with Crippen LogP contribution in [0.2, 0.25) is 0 Å². The van der Waals surface area contributed by atoms with Crippen LogP contribution >= 0.6 is 11.3 Å².